The van der Waals surface area contributed by atoms with Gasteiger partial charge < -0.3 is 0 Å². The van der Waals surface area contributed by atoms with E-state index in [4.69, 9.17) is 0 Å². The molecule has 0 aliphatic heterocycles. The van der Waals surface area contributed by atoms with E-state index >= 15 is 0 Å². The number of aromatic amines is 1. The minimum absolute atomic E-state index is 0.115. The lowest BCUT2D eigenvalue weighted by molar-refractivity contribution is 0.111. The number of nitrogens with one attached hydrogen (secondary N) is 1. The van der Waals surface area contributed by atoms with Gasteiger partial charge in [-0.05, 0) is 0 Å². The van der Waals surface area contributed by atoms with Gasteiger partial charge >= 0.3 is 0 Å². The van der Waals surface area contributed by atoms with Crippen LogP contribution in [-0.4, -0.2) is 20.9 Å². The number of fused-ring (bicyclic) bond motifs is 1. The van der Waals surface area contributed by atoms with Crippen LogP contribution in [0.1, 0.15) is 10.6 Å². The van der Waals surface area contributed by atoms with E-state index in [-0.39, 0.29) is 11.3 Å². The first-order valence-electron chi connectivity index (χ1n) is 3.33. The molecule has 60 valence electrons. The fourth-order valence-corrected chi connectivity index (χ4v) is 1.02. The number of carbonyl (C=O) groups is 1. The molecule has 1 N–H and O–H groups in total. The van der Waals surface area contributed by atoms with E-state index in [2.05, 4.69) is 10.2 Å². The summed E-state index contributed by atoms with van der Waals surface area (Å²) in [5.74, 6) is 0.255. The maximum atomic E-state index is 10.8. The Morgan fingerprint density at radius 2 is 2.42 bits per heavy atom. The molecule has 0 bridgehead atoms. The largest absolute Gasteiger partial charge is 0.294 e. The van der Waals surface area contributed by atoms with Crippen LogP contribution in [0, 0.1) is 0 Å². The first-order chi connectivity index (χ1) is 5.81. The lowest BCUT2D eigenvalue weighted by atomic mass is 10.4. The fraction of sp³-hybridized carbons (Fsp3) is 0. The molecule has 5 nitrogen and oxygen atoms in total. The second-order valence-electron chi connectivity index (χ2n) is 2.32. The van der Waals surface area contributed by atoms with Gasteiger partial charge in [0.1, 0.15) is 5.65 Å². The molecule has 0 amide bonds. The number of carbonyl (C=O) groups excluding carboxylic acids is 1. The predicted molar refractivity (Wildman–Crippen MR) is 41.2 cm³/mol. The Kier molecular flexibility index (Phi) is 1.30. The number of pyridine rings is 1. The Bertz CT molecular complexity index is 483. The van der Waals surface area contributed by atoms with Gasteiger partial charge in [-0.15, -0.1) is 0 Å². The monoisotopic (exact) mass is 163 g/mol. The molecule has 2 aromatic heterocycles. The van der Waals surface area contributed by atoms with Gasteiger partial charge in [0.05, 0.1) is 0 Å². The standard InChI is InChI=1S/C7H5N3O2/c11-4-7-9-8-6-3-5(12)1-2-10(6)7/h1-4,8H. The summed E-state index contributed by atoms with van der Waals surface area (Å²) in [6, 6.07) is 2.75. The molecule has 0 aliphatic rings. The van der Waals surface area contributed by atoms with Crippen molar-refractivity contribution in [2.75, 3.05) is 0 Å². The van der Waals surface area contributed by atoms with Crippen LogP contribution in [0.4, 0.5) is 0 Å². The van der Waals surface area contributed by atoms with Crippen molar-refractivity contribution in [2.24, 2.45) is 0 Å². The molecule has 0 saturated carbocycles. The van der Waals surface area contributed by atoms with Gasteiger partial charge in [0, 0.05) is 18.3 Å². The highest BCUT2D eigenvalue weighted by Gasteiger charge is 2.00. The van der Waals surface area contributed by atoms with Crippen molar-refractivity contribution in [2.45, 2.75) is 0 Å². The highest BCUT2D eigenvalue weighted by Crippen LogP contribution is 1.96. The third kappa shape index (κ3) is 0.833. The molecule has 0 unspecified atom stereocenters. The predicted octanol–water partition coefficient (Wildman–Crippen LogP) is -0.165. The Morgan fingerprint density at radius 1 is 1.58 bits per heavy atom. The number of hydrogen-bond donors (Lipinski definition) is 1. The minimum Gasteiger partial charge on any atom is -0.294 e. The topological polar surface area (TPSA) is 67.2 Å². The van der Waals surface area contributed by atoms with Crippen LogP contribution in [-0.2, 0) is 0 Å². The molecule has 2 rings (SSSR count). The molecule has 2 heterocycles. The summed E-state index contributed by atoms with van der Waals surface area (Å²) >= 11 is 0. The molecule has 0 fully saturated rings. The Morgan fingerprint density at radius 3 is 3.17 bits per heavy atom. The van der Waals surface area contributed by atoms with Crippen LogP contribution in [0.5, 0.6) is 0 Å². The molecule has 0 aromatic carbocycles. The second kappa shape index (κ2) is 2.30. The smallest absolute Gasteiger partial charge is 0.198 e. The number of rotatable bonds is 1. The van der Waals surface area contributed by atoms with Crippen molar-refractivity contribution in [3.8, 4) is 0 Å². The summed E-state index contributed by atoms with van der Waals surface area (Å²) in [4.78, 5) is 21.2. The highest BCUT2D eigenvalue weighted by atomic mass is 16.1. The van der Waals surface area contributed by atoms with Crippen LogP contribution in [0.25, 0.3) is 5.65 Å². The summed E-state index contributed by atoms with van der Waals surface area (Å²) in [5.41, 5.74) is 0.403. The number of H-pyrrole nitrogens is 1. The Balaban J connectivity index is 2.90. The number of hydrogen-bond acceptors (Lipinski definition) is 3. The van der Waals surface area contributed by atoms with Gasteiger partial charge in [0.2, 0.25) is 0 Å². The maximum Gasteiger partial charge on any atom is 0.198 e. The van der Waals surface area contributed by atoms with Crippen LogP contribution < -0.4 is 5.43 Å². The number of aldehydes is 1. The van der Waals surface area contributed by atoms with Gasteiger partial charge in [0.15, 0.2) is 17.5 Å². The van der Waals surface area contributed by atoms with E-state index in [1.165, 1.54) is 22.7 Å². The zero-order valence-corrected chi connectivity index (χ0v) is 6.02. The molecular formula is C7H5N3O2. The van der Waals surface area contributed by atoms with E-state index < -0.39 is 0 Å². The summed E-state index contributed by atoms with van der Waals surface area (Å²) in [6.07, 6.45) is 2.12. The molecule has 0 aliphatic carbocycles. The van der Waals surface area contributed by atoms with Crippen molar-refractivity contribution in [3.63, 3.8) is 0 Å². The Hall–Kier alpha value is -1.91. The first-order valence-corrected chi connectivity index (χ1v) is 3.33. The van der Waals surface area contributed by atoms with Crippen molar-refractivity contribution >= 4 is 11.9 Å². The molecular weight excluding hydrogens is 158 g/mol. The third-order valence-corrected chi connectivity index (χ3v) is 1.56. The van der Waals surface area contributed by atoms with Crippen LogP contribution in [0.2, 0.25) is 0 Å². The van der Waals surface area contributed by atoms with E-state index in [9.17, 15) is 9.59 Å². The average Bonchev–Trinajstić information content (AvgIpc) is 2.46. The van der Waals surface area contributed by atoms with Crippen molar-refractivity contribution in [3.05, 3.63) is 34.4 Å². The number of nitrogens with zero attached hydrogens (tertiary/aromatic N) is 2. The minimum atomic E-state index is -0.115. The first kappa shape index (κ1) is 6.78. The number of aromatic nitrogens is 3. The van der Waals surface area contributed by atoms with Gasteiger partial charge in [0.25, 0.3) is 0 Å². The van der Waals surface area contributed by atoms with Crippen molar-refractivity contribution < 1.29 is 4.79 Å². The van der Waals surface area contributed by atoms with Crippen LogP contribution in [0.3, 0.4) is 0 Å². The quantitative estimate of drug-likeness (QED) is 0.594. The van der Waals surface area contributed by atoms with Gasteiger partial charge in [-0.25, -0.2) is 0 Å². The molecule has 0 atom stereocenters. The van der Waals surface area contributed by atoms with Crippen LogP contribution >= 0.6 is 0 Å². The molecule has 12 heavy (non-hydrogen) atoms. The highest BCUT2D eigenvalue weighted by molar-refractivity contribution is 5.70. The van der Waals surface area contributed by atoms with Crippen molar-refractivity contribution in [1.29, 1.82) is 0 Å². The van der Waals surface area contributed by atoms with Gasteiger partial charge in [-0.3, -0.25) is 19.1 Å². The Labute approximate surface area is 66.6 Å². The zero-order valence-electron chi connectivity index (χ0n) is 6.02. The second-order valence-corrected chi connectivity index (χ2v) is 2.32. The fourth-order valence-electron chi connectivity index (χ4n) is 1.02. The normalized spacial score (nSPS) is 10.3. The summed E-state index contributed by atoms with van der Waals surface area (Å²) < 4.78 is 1.51. The maximum absolute atomic E-state index is 10.8. The van der Waals surface area contributed by atoms with E-state index in [1.807, 2.05) is 0 Å². The molecule has 0 saturated heterocycles. The van der Waals surface area contributed by atoms with E-state index in [1.54, 1.807) is 0 Å². The molecule has 2 aromatic rings. The third-order valence-electron chi connectivity index (χ3n) is 1.56. The van der Waals surface area contributed by atoms with Crippen molar-refractivity contribution in [1.82, 2.24) is 14.6 Å². The van der Waals surface area contributed by atoms with E-state index in [0.29, 0.717) is 11.9 Å². The molecule has 5 heteroatoms. The SMILES string of the molecule is O=Cc1n[nH]c2cc(=O)ccn12. The van der Waals surface area contributed by atoms with E-state index in [0.717, 1.165) is 0 Å². The van der Waals surface area contributed by atoms with Gasteiger partial charge in [-0.1, -0.05) is 0 Å². The summed E-state index contributed by atoms with van der Waals surface area (Å²) in [5, 5.41) is 6.25. The van der Waals surface area contributed by atoms with Gasteiger partial charge in [-0.2, -0.15) is 5.10 Å². The molecule has 0 radical (unpaired) electrons. The zero-order chi connectivity index (χ0) is 8.55. The molecule has 0 spiro atoms. The summed E-state index contributed by atoms with van der Waals surface area (Å²) in [6.45, 7) is 0. The van der Waals surface area contributed by atoms with Crippen LogP contribution in [0.15, 0.2) is 23.1 Å². The lowest BCUT2D eigenvalue weighted by Gasteiger charge is -1.89. The average molecular weight is 163 g/mol. The lowest BCUT2D eigenvalue weighted by Crippen LogP contribution is -2.00. The summed E-state index contributed by atoms with van der Waals surface area (Å²) in [7, 11) is 0.